The van der Waals surface area contributed by atoms with Crippen molar-refractivity contribution in [2.45, 2.75) is 26.3 Å². The highest BCUT2D eigenvalue weighted by Crippen LogP contribution is 2.18. The van der Waals surface area contributed by atoms with Crippen LogP contribution in [0.25, 0.3) is 0 Å². The minimum Gasteiger partial charge on any atom is -0.396 e. The van der Waals surface area contributed by atoms with Crippen LogP contribution in [0.4, 0.5) is 0 Å². The molecule has 0 radical (unpaired) electrons. The number of aliphatic hydroxyl groups is 1. The van der Waals surface area contributed by atoms with E-state index < -0.39 is 10.2 Å². The van der Waals surface area contributed by atoms with Gasteiger partial charge in [0.05, 0.1) is 0 Å². The van der Waals surface area contributed by atoms with Crippen LogP contribution in [-0.2, 0) is 16.8 Å². The Morgan fingerprint density at radius 3 is 2.70 bits per heavy atom. The van der Waals surface area contributed by atoms with Crippen LogP contribution >= 0.6 is 0 Å². The molecule has 1 atom stereocenters. The van der Waals surface area contributed by atoms with Crippen molar-refractivity contribution in [3.63, 3.8) is 0 Å². The van der Waals surface area contributed by atoms with Crippen molar-refractivity contribution in [1.29, 1.82) is 0 Å². The Hall–Kier alpha value is -0.950. The van der Waals surface area contributed by atoms with Crippen molar-refractivity contribution in [3.05, 3.63) is 35.4 Å². The number of aliphatic hydroxyl groups excluding tert-OH is 1. The predicted molar refractivity (Wildman–Crippen MR) is 78.3 cm³/mol. The molecule has 0 saturated carbocycles. The van der Waals surface area contributed by atoms with Crippen LogP contribution in [0.3, 0.4) is 0 Å². The average Bonchev–Trinajstić information content (AvgIpc) is 2.47. The minimum absolute atomic E-state index is 0.0456. The van der Waals surface area contributed by atoms with Crippen molar-refractivity contribution < 1.29 is 13.5 Å². The van der Waals surface area contributed by atoms with Crippen molar-refractivity contribution in [3.8, 4) is 0 Å². The molecular formula is C14H22N2O3S. The third-order valence-electron chi connectivity index (χ3n) is 3.66. The van der Waals surface area contributed by atoms with E-state index >= 15 is 0 Å². The Kier molecular flexibility index (Phi) is 5.15. The lowest BCUT2D eigenvalue weighted by Gasteiger charge is -2.30. The smallest absolute Gasteiger partial charge is 0.279 e. The molecule has 1 aliphatic heterocycles. The highest BCUT2D eigenvalue weighted by molar-refractivity contribution is 7.87. The SMILES string of the molecule is Cc1ccc(CNS(=O)(=O)N2CCCC(CO)C2)cc1. The molecule has 1 saturated heterocycles. The number of piperidine rings is 1. The molecule has 5 nitrogen and oxygen atoms in total. The van der Waals surface area contributed by atoms with Gasteiger partial charge in [-0.25, -0.2) is 0 Å². The lowest BCUT2D eigenvalue weighted by molar-refractivity contribution is 0.164. The number of hydrogen-bond acceptors (Lipinski definition) is 3. The first kappa shape index (κ1) is 15.4. The first-order valence-electron chi connectivity index (χ1n) is 6.92. The number of hydrogen-bond donors (Lipinski definition) is 2. The van der Waals surface area contributed by atoms with Gasteiger partial charge in [-0.1, -0.05) is 29.8 Å². The van der Waals surface area contributed by atoms with Crippen LogP contribution in [0.2, 0.25) is 0 Å². The summed E-state index contributed by atoms with van der Waals surface area (Å²) >= 11 is 0. The summed E-state index contributed by atoms with van der Waals surface area (Å²) in [5.41, 5.74) is 2.09. The maximum absolute atomic E-state index is 12.2. The quantitative estimate of drug-likeness (QED) is 0.853. The molecule has 1 aromatic rings. The summed E-state index contributed by atoms with van der Waals surface area (Å²) in [5.74, 6) is 0.0553. The summed E-state index contributed by atoms with van der Waals surface area (Å²) in [5, 5.41) is 9.17. The van der Waals surface area contributed by atoms with Gasteiger partial charge in [0, 0.05) is 26.2 Å². The number of benzene rings is 1. The molecule has 1 aromatic carbocycles. The second-order valence-electron chi connectivity index (χ2n) is 5.36. The Labute approximate surface area is 120 Å². The van der Waals surface area contributed by atoms with Gasteiger partial charge >= 0.3 is 0 Å². The van der Waals surface area contributed by atoms with E-state index in [-0.39, 0.29) is 12.5 Å². The van der Waals surface area contributed by atoms with Crippen molar-refractivity contribution in [1.82, 2.24) is 9.03 Å². The molecule has 2 N–H and O–H groups in total. The fraction of sp³-hybridized carbons (Fsp3) is 0.571. The summed E-state index contributed by atoms with van der Waals surface area (Å²) in [7, 11) is -3.46. The van der Waals surface area contributed by atoms with Gasteiger partial charge in [0.2, 0.25) is 0 Å². The van der Waals surface area contributed by atoms with Crippen LogP contribution in [-0.4, -0.2) is 37.5 Å². The molecule has 20 heavy (non-hydrogen) atoms. The summed E-state index contributed by atoms with van der Waals surface area (Å²) < 4.78 is 28.5. The zero-order valence-electron chi connectivity index (χ0n) is 11.7. The number of aryl methyl sites for hydroxylation is 1. The number of nitrogens with one attached hydrogen (secondary N) is 1. The Morgan fingerprint density at radius 1 is 1.35 bits per heavy atom. The minimum atomic E-state index is -3.46. The standard InChI is InChI=1S/C14H22N2O3S/c1-12-4-6-13(7-5-12)9-15-20(18,19)16-8-2-3-14(10-16)11-17/h4-7,14-15,17H,2-3,8-11H2,1H3. The second kappa shape index (κ2) is 6.67. The highest BCUT2D eigenvalue weighted by Gasteiger charge is 2.28. The molecule has 112 valence electrons. The van der Waals surface area contributed by atoms with Gasteiger partial charge in [0.15, 0.2) is 0 Å². The molecule has 0 bridgehead atoms. The van der Waals surface area contributed by atoms with Crippen LogP contribution in [0.15, 0.2) is 24.3 Å². The summed E-state index contributed by atoms with van der Waals surface area (Å²) in [6.07, 6.45) is 1.69. The van der Waals surface area contributed by atoms with Gasteiger partial charge in [-0.2, -0.15) is 17.4 Å². The lowest BCUT2D eigenvalue weighted by Crippen LogP contribution is -2.46. The van der Waals surface area contributed by atoms with E-state index in [4.69, 9.17) is 5.11 Å². The fourth-order valence-electron chi connectivity index (χ4n) is 2.37. The first-order chi connectivity index (χ1) is 9.51. The topological polar surface area (TPSA) is 69.6 Å². The van der Waals surface area contributed by atoms with Crippen LogP contribution in [0.1, 0.15) is 24.0 Å². The van der Waals surface area contributed by atoms with Crippen LogP contribution in [0, 0.1) is 12.8 Å². The Bertz CT molecular complexity index is 528. The van der Waals surface area contributed by atoms with Gasteiger partial charge in [0.1, 0.15) is 0 Å². The maximum atomic E-state index is 12.2. The first-order valence-corrected chi connectivity index (χ1v) is 8.36. The van der Waals surface area contributed by atoms with Crippen molar-refractivity contribution in [2.24, 2.45) is 5.92 Å². The maximum Gasteiger partial charge on any atom is 0.279 e. The summed E-state index contributed by atoms with van der Waals surface area (Å²) in [6, 6.07) is 7.77. The van der Waals surface area contributed by atoms with E-state index in [1.165, 1.54) is 4.31 Å². The number of nitrogens with zero attached hydrogens (tertiary/aromatic N) is 1. The molecule has 6 heteroatoms. The summed E-state index contributed by atoms with van der Waals surface area (Å²) in [4.78, 5) is 0. The molecule has 1 heterocycles. The Morgan fingerprint density at radius 2 is 2.05 bits per heavy atom. The van der Waals surface area contributed by atoms with Gasteiger partial charge in [-0.3, -0.25) is 0 Å². The average molecular weight is 298 g/mol. The van der Waals surface area contributed by atoms with E-state index in [2.05, 4.69) is 4.72 Å². The second-order valence-corrected chi connectivity index (χ2v) is 7.12. The van der Waals surface area contributed by atoms with E-state index in [9.17, 15) is 8.42 Å². The molecule has 1 aliphatic rings. The van der Waals surface area contributed by atoms with E-state index in [0.29, 0.717) is 19.6 Å². The zero-order chi connectivity index (χ0) is 14.6. The molecule has 1 fully saturated rings. The molecule has 1 unspecified atom stereocenters. The zero-order valence-corrected chi connectivity index (χ0v) is 12.6. The molecule has 0 spiro atoms. The normalized spacial score (nSPS) is 21.0. The van der Waals surface area contributed by atoms with E-state index in [1.54, 1.807) is 0 Å². The number of rotatable bonds is 5. The van der Waals surface area contributed by atoms with Crippen LogP contribution < -0.4 is 4.72 Å². The molecular weight excluding hydrogens is 276 g/mol. The van der Waals surface area contributed by atoms with Crippen molar-refractivity contribution >= 4 is 10.2 Å². The lowest BCUT2D eigenvalue weighted by atomic mass is 10.0. The predicted octanol–water partition coefficient (Wildman–Crippen LogP) is 1.03. The van der Waals surface area contributed by atoms with Crippen LogP contribution in [0.5, 0.6) is 0 Å². The van der Waals surface area contributed by atoms with Gasteiger partial charge < -0.3 is 5.11 Å². The molecule has 2 rings (SSSR count). The monoisotopic (exact) mass is 298 g/mol. The molecule has 0 aromatic heterocycles. The fourth-order valence-corrected chi connectivity index (χ4v) is 3.67. The third-order valence-corrected chi connectivity index (χ3v) is 5.18. The van der Waals surface area contributed by atoms with Gasteiger partial charge in [-0.05, 0) is 31.2 Å². The molecule has 0 aliphatic carbocycles. The van der Waals surface area contributed by atoms with Gasteiger partial charge in [0.25, 0.3) is 10.2 Å². The Balaban J connectivity index is 1.95. The van der Waals surface area contributed by atoms with E-state index in [1.807, 2.05) is 31.2 Å². The van der Waals surface area contributed by atoms with Gasteiger partial charge in [-0.15, -0.1) is 0 Å². The van der Waals surface area contributed by atoms with E-state index in [0.717, 1.165) is 24.0 Å². The van der Waals surface area contributed by atoms with Crippen molar-refractivity contribution in [2.75, 3.05) is 19.7 Å². The molecule has 0 amide bonds. The third kappa shape index (κ3) is 4.02. The largest absolute Gasteiger partial charge is 0.396 e. The summed E-state index contributed by atoms with van der Waals surface area (Å²) in [6.45, 7) is 3.27. The highest BCUT2D eigenvalue weighted by atomic mass is 32.2.